The van der Waals surface area contributed by atoms with Crippen LogP contribution in [0.2, 0.25) is 0 Å². The number of aromatic amines is 1. The first kappa shape index (κ1) is 17.5. The summed E-state index contributed by atoms with van der Waals surface area (Å²) in [6.07, 6.45) is 0. The van der Waals surface area contributed by atoms with Crippen LogP contribution in [-0.2, 0) is 10.0 Å². The van der Waals surface area contributed by atoms with Crippen molar-refractivity contribution < 1.29 is 18.3 Å². The van der Waals surface area contributed by atoms with E-state index in [1.807, 2.05) is 13.8 Å². The quantitative estimate of drug-likeness (QED) is 0.707. The molecule has 0 radical (unpaired) electrons. The van der Waals surface area contributed by atoms with Gasteiger partial charge in [0.15, 0.2) is 0 Å². The molecule has 3 rings (SSSR count). The van der Waals surface area contributed by atoms with Crippen LogP contribution in [0.3, 0.4) is 0 Å². The van der Waals surface area contributed by atoms with E-state index in [0.717, 1.165) is 22.5 Å². The number of nitrogens with one attached hydrogen (secondary N) is 1. The first-order chi connectivity index (χ1) is 11.8. The molecule has 0 aliphatic carbocycles. The molecule has 0 amide bonds. The van der Waals surface area contributed by atoms with Crippen LogP contribution in [-0.4, -0.2) is 31.0 Å². The number of aromatic carboxylic acids is 1. The van der Waals surface area contributed by atoms with Crippen molar-refractivity contribution in [2.75, 3.05) is 10.8 Å². The second-order valence-electron chi connectivity index (χ2n) is 5.72. The fourth-order valence-electron chi connectivity index (χ4n) is 2.85. The summed E-state index contributed by atoms with van der Waals surface area (Å²) in [5.74, 6) is -1.08. The molecule has 8 heteroatoms. The number of sulfonamides is 1. The summed E-state index contributed by atoms with van der Waals surface area (Å²) in [4.78, 5) is 14.2. The number of aromatic nitrogens is 1. The van der Waals surface area contributed by atoms with Crippen molar-refractivity contribution in [2.45, 2.75) is 25.0 Å². The van der Waals surface area contributed by atoms with Crippen molar-refractivity contribution in [2.24, 2.45) is 0 Å². The highest BCUT2D eigenvalue weighted by Crippen LogP contribution is 2.35. The monoisotopic (exact) mass is 378 g/mol. The number of rotatable bonds is 5. The molecule has 0 fully saturated rings. The molecule has 2 N–H and O–H groups in total. The van der Waals surface area contributed by atoms with Gasteiger partial charge < -0.3 is 10.1 Å². The van der Waals surface area contributed by atoms with Gasteiger partial charge in [-0.05, 0) is 55.5 Å². The SMILES string of the molecule is CCN(c1cc(C)c(C)c2cc(C(=O)O)[nH]c12)S(=O)(=O)c1cccs1. The molecule has 6 nitrogen and oxygen atoms in total. The molecule has 0 atom stereocenters. The van der Waals surface area contributed by atoms with E-state index in [1.54, 1.807) is 36.6 Å². The number of carboxylic acids is 1. The molecule has 2 heterocycles. The lowest BCUT2D eigenvalue weighted by atomic mass is 10.0. The first-order valence-electron chi connectivity index (χ1n) is 7.69. The zero-order chi connectivity index (χ0) is 18.4. The zero-order valence-corrected chi connectivity index (χ0v) is 15.7. The number of nitrogens with zero attached hydrogens (tertiary/aromatic N) is 1. The van der Waals surface area contributed by atoms with Crippen LogP contribution in [0.5, 0.6) is 0 Å². The Bertz CT molecular complexity index is 1050. The predicted octanol–water partition coefficient (Wildman–Crippen LogP) is 3.76. The molecule has 0 saturated carbocycles. The molecular formula is C17H18N2O4S2. The number of thiophene rings is 1. The molecule has 132 valence electrons. The first-order valence-corrected chi connectivity index (χ1v) is 10.0. The van der Waals surface area contributed by atoms with E-state index in [-0.39, 0.29) is 16.4 Å². The van der Waals surface area contributed by atoms with E-state index < -0.39 is 16.0 Å². The van der Waals surface area contributed by atoms with Crippen molar-refractivity contribution in [1.29, 1.82) is 0 Å². The van der Waals surface area contributed by atoms with Crippen molar-refractivity contribution in [3.05, 3.63) is 46.5 Å². The van der Waals surface area contributed by atoms with Crippen LogP contribution < -0.4 is 4.31 Å². The Labute approximate surface area is 149 Å². The number of hydrogen-bond donors (Lipinski definition) is 2. The largest absolute Gasteiger partial charge is 0.477 e. The average molecular weight is 378 g/mol. The van der Waals surface area contributed by atoms with Crippen LogP contribution in [0.1, 0.15) is 28.5 Å². The highest BCUT2D eigenvalue weighted by molar-refractivity contribution is 7.94. The van der Waals surface area contributed by atoms with E-state index >= 15 is 0 Å². The number of aryl methyl sites for hydroxylation is 2. The van der Waals surface area contributed by atoms with Crippen LogP contribution in [0.15, 0.2) is 33.9 Å². The third kappa shape index (κ3) is 2.81. The van der Waals surface area contributed by atoms with Gasteiger partial charge >= 0.3 is 5.97 Å². The van der Waals surface area contributed by atoms with Gasteiger partial charge in [0.1, 0.15) is 9.90 Å². The Morgan fingerprint density at radius 3 is 2.60 bits per heavy atom. The van der Waals surface area contributed by atoms with Gasteiger partial charge in [-0.1, -0.05) is 6.07 Å². The van der Waals surface area contributed by atoms with Crippen molar-refractivity contribution in [3.63, 3.8) is 0 Å². The lowest BCUT2D eigenvalue weighted by molar-refractivity contribution is 0.0691. The van der Waals surface area contributed by atoms with Crippen LogP contribution in [0.25, 0.3) is 10.9 Å². The minimum absolute atomic E-state index is 0.0366. The summed E-state index contributed by atoms with van der Waals surface area (Å²) in [5.41, 5.74) is 2.84. The summed E-state index contributed by atoms with van der Waals surface area (Å²) in [5, 5.41) is 11.7. The summed E-state index contributed by atoms with van der Waals surface area (Å²) in [7, 11) is -3.71. The minimum atomic E-state index is -3.71. The Hall–Kier alpha value is -2.32. The molecule has 2 aromatic heterocycles. The highest BCUT2D eigenvalue weighted by Gasteiger charge is 2.27. The number of anilines is 1. The Morgan fingerprint density at radius 1 is 1.32 bits per heavy atom. The van der Waals surface area contributed by atoms with Gasteiger partial charge in [-0.15, -0.1) is 11.3 Å². The Kier molecular flexibility index (Phi) is 4.34. The number of carboxylic acid groups (broad SMARTS) is 1. The predicted molar refractivity (Wildman–Crippen MR) is 99.3 cm³/mol. The lowest BCUT2D eigenvalue weighted by Crippen LogP contribution is -2.30. The van der Waals surface area contributed by atoms with Crippen molar-refractivity contribution in [3.8, 4) is 0 Å². The standard InChI is InChI=1S/C17H18N2O4S2/c1-4-19(25(22,23)15-6-5-7-24-15)14-8-10(2)11(3)12-9-13(17(20)21)18-16(12)14/h5-9,18H,4H2,1-3H3,(H,20,21). The molecule has 0 bridgehead atoms. The third-order valence-electron chi connectivity index (χ3n) is 4.25. The fraction of sp³-hybridized carbons (Fsp3) is 0.235. The smallest absolute Gasteiger partial charge is 0.352 e. The van der Waals surface area contributed by atoms with E-state index in [1.165, 1.54) is 4.31 Å². The number of H-pyrrole nitrogens is 1. The van der Waals surface area contributed by atoms with Gasteiger partial charge in [0.25, 0.3) is 10.0 Å². The van der Waals surface area contributed by atoms with Gasteiger partial charge in [0.05, 0.1) is 11.2 Å². The van der Waals surface area contributed by atoms with Gasteiger partial charge in [-0.2, -0.15) is 0 Å². The maximum atomic E-state index is 13.0. The molecular weight excluding hydrogens is 360 g/mol. The van der Waals surface area contributed by atoms with Gasteiger partial charge in [0.2, 0.25) is 0 Å². The number of benzene rings is 1. The van der Waals surface area contributed by atoms with Crippen LogP contribution in [0, 0.1) is 13.8 Å². The van der Waals surface area contributed by atoms with Gasteiger partial charge in [-0.25, -0.2) is 13.2 Å². The number of carbonyl (C=O) groups is 1. The van der Waals surface area contributed by atoms with Crippen molar-refractivity contribution in [1.82, 2.24) is 4.98 Å². The van der Waals surface area contributed by atoms with Crippen molar-refractivity contribution >= 4 is 43.9 Å². The molecule has 25 heavy (non-hydrogen) atoms. The maximum absolute atomic E-state index is 13.0. The van der Waals surface area contributed by atoms with Crippen LogP contribution in [0.4, 0.5) is 5.69 Å². The van der Waals surface area contributed by atoms with E-state index in [4.69, 9.17) is 0 Å². The second-order valence-corrected chi connectivity index (χ2v) is 8.75. The lowest BCUT2D eigenvalue weighted by Gasteiger charge is -2.24. The molecule has 3 aromatic rings. The molecule has 0 aliphatic rings. The molecule has 0 saturated heterocycles. The maximum Gasteiger partial charge on any atom is 0.352 e. The highest BCUT2D eigenvalue weighted by atomic mass is 32.2. The van der Waals surface area contributed by atoms with Gasteiger partial charge in [0, 0.05) is 11.9 Å². The van der Waals surface area contributed by atoms with Gasteiger partial charge in [-0.3, -0.25) is 4.31 Å². The number of fused-ring (bicyclic) bond motifs is 1. The minimum Gasteiger partial charge on any atom is -0.477 e. The molecule has 0 unspecified atom stereocenters. The van der Waals surface area contributed by atoms with E-state index in [2.05, 4.69) is 4.98 Å². The number of hydrogen-bond acceptors (Lipinski definition) is 4. The Morgan fingerprint density at radius 2 is 2.04 bits per heavy atom. The molecule has 0 aliphatic heterocycles. The van der Waals surface area contributed by atoms with E-state index in [9.17, 15) is 18.3 Å². The second kappa shape index (κ2) is 6.20. The zero-order valence-electron chi connectivity index (χ0n) is 14.0. The Balaban J connectivity index is 2.30. The normalized spacial score (nSPS) is 11.8. The summed E-state index contributed by atoms with van der Waals surface area (Å²) >= 11 is 1.16. The molecule has 0 spiro atoms. The summed E-state index contributed by atoms with van der Waals surface area (Å²) < 4.78 is 27.6. The van der Waals surface area contributed by atoms with E-state index in [0.29, 0.717) is 16.6 Å². The molecule has 1 aromatic carbocycles. The topological polar surface area (TPSA) is 90.5 Å². The summed E-state index contributed by atoms with van der Waals surface area (Å²) in [6, 6.07) is 6.60. The fourth-order valence-corrected chi connectivity index (χ4v) is 5.43. The third-order valence-corrected chi connectivity index (χ3v) is 7.51. The average Bonchev–Trinajstić information content (AvgIpc) is 3.22. The summed E-state index contributed by atoms with van der Waals surface area (Å²) in [6.45, 7) is 5.77. The van der Waals surface area contributed by atoms with Crippen LogP contribution >= 0.6 is 11.3 Å².